The zero-order chi connectivity index (χ0) is 30.9. The number of benzene rings is 1. The van der Waals surface area contributed by atoms with Crippen LogP contribution in [0.4, 0.5) is 14.6 Å². The third-order valence-corrected chi connectivity index (χ3v) is 7.55. The van der Waals surface area contributed by atoms with Crippen molar-refractivity contribution in [2.45, 2.75) is 44.3 Å². The lowest BCUT2D eigenvalue weighted by Gasteiger charge is -2.39. The Labute approximate surface area is 247 Å². The number of hydrogen-bond donors (Lipinski definition) is 2. The van der Waals surface area contributed by atoms with Gasteiger partial charge in [0.15, 0.2) is 0 Å². The Morgan fingerprint density at radius 3 is 2.58 bits per heavy atom. The smallest absolute Gasteiger partial charge is 0.282 e. The molecular formula is C31H32F2N6O4. The number of methoxy groups -OCH3 is 1. The molecule has 1 saturated carbocycles. The molecule has 1 aromatic carbocycles. The number of aromatic nitrogens is 2. The summed E-state index contributed by atoms with van der Waals surface area (Å²) in [5.74, 6) is -3.84. The highest BCUT2D eigenvalue weighted by atomic mass is 19.3. The number of ether oxygens (including phenoxy) is 1. The molecule has 2 amide bonds. The lowest BCUT2D eigenvalue weighted by atomic mass is 9.95. The fraction of sp³-hybridized carbons (Fsp3) is 0.387. The number of likely N-dealkylation sites (tertiary alicyclic amines) is 1. The van der Waals surface area contributed by atoms with Gasteiger partial charge in [-0.05, 0) is 66.8 Å². The summed E-state index contributed by atoms with van der Waals surface area (Å²) >= 11 is 0. The predicted octanol–water partition coefficient (Wildman–Crippen LogP) is 3.66. The molecule has 1 aliphatic heterocycles. The van der Waals surface area contributed by atoms with Gasteiger partial charge in [-0.15, -0.1) is 0 Å². The van der Waals surface area contributed by atoms with E-state index in [1.165, 1.54) is 16.7 Å². The summed E-state index contributed by atoms with van der Waals surface area (Å²) in [5.41, 5.74) is 2.17. The lowest BCUT2D eigenvalue weighted by molar-refractivity contribution is -0.113. The summed E-state index contributed by atoms with van der Waals surface area (Å²) in [4.78, 5) is 45.2. The van der Waals surface area contributed by atoms with E-state index in [4.69, 9.17) is 4.74 Å². The summed E-state index contributed by atoms with van der Waals surface area (Å²) in [5, 5.41) is 15.4. The van der Waals surface area contributed by atoms with Crippen LogP contribution < -0.4 is 16.2 Å². The molecule has 10 nitrogen and oxygen atoms in total. The summed E-state index contributed by atoms with van der Waals surface area (Å²) < 4.78 is 33.7. The maximum absolute atomic E-state index is 13.6. The van der Waals surface area contributed by atoms with Crippen molar-refractivity contribution < 1.29 is 23.1 Å². The van der Waals surface area contributed by atoms with Crippen molar-refractivity contribution in [2.75, 3.05) is 32.1 Å². The van der Waals surface area contributed by atoms with Gasteiger partial charge in [0, 0.05) is 50.6 Å². The van der Waals surface area contributed by atoms with E-state index in [1.807, 2.05) is 19.1 Å². The molecule has 0 unspecified atom stereocenters. The molecule has 3 aromatic rings. The third-order valence-electron chi connectivity index (χ3n) is 7.55. The maximum atomic E-state index is 13.6. The highest BCUT2D eigenvalue weighted by molar-refractivity contribution is 6.05. The maximum Gasteiger partial charge on any atom is 0.282 e. The molecular weight excluding hydrogens is 558 g/mol. The van der Waals surface area contributed by atoms with Crippen LogP contribution in [0, 0.1) is 11.3 Å². The first-order valence-electron chi connectivity index (χ1n) is 14.0. The second-order valence-electron chi connectivity index (χ2n) is 11.1. The minimum Gasteiger partial charge on any atom is -0.380 e. The number of carbonyl (C=O) groups is 2. The van der Waals surface area contributed by atoms with Crippen LogP contribution in [0.2, 0.25) is 0 Å². The third kappa shape index (κ3) is 6.79. The van der Waals surface area contributed by atoms with Gasteiger partial charge in [-0.25, -0.2) is 13.8 Å². The largest absolute Gasteiger partial charge is 0.380 e. The van der Waals surface area contributed by atoms with E-state index in [1.54, 1.807) is 38.6 Å². The van der Waals surface area contributed by atoms with Crippen molar-refractivity contribution >= 4 is 17.6 Å². The number of hydrogen-bond acceptors (Lipinski definition) is 7. The second kappa shape index (κ2) is 12.0. The van der Waals surface area contributed by atoms with E-state index in [0.29, 0.717) is 29.9 Å². The molecule has 2 fully saturated rings. The van der Waals surface area contributed by atoms with Crippen molar-refractivity contribution in [2.24, 2.45) is 7.05 Å². The van der Waals surface area contributed by atoms with Crippen molar-refractivity contribution in [3.63, 3.8) is 0 Å². The fourth-order valence-corrected chi connectivity index (χ4v) is 4.96. The van der Waals surface area contributed by atoms with Gasteiger partial charge >= 0.3 is 0 Å². The minimum atomic E-state index is -2.94. The van der Waals surface area contributed by atoms with Crippen LogP contribution >= 0.6 is 0 Å². The number of rotatable bonds is 10. The van der Waals surface area contributed by atoms with Crippen LogP contribution in [-0.4, -0.2) is 65.0 Å². The molecule has 43 heavy (non-hydrogen) atoms. The van der Waals surface area contributed by atoms with E-state index >= 15 is 0 Å². The van der Waals surface area contributed by atoms with Crippen LogP contribution in [-0.2, 0) is 18.3 Å². The Morgan fingerprint density at radius 1 is 1.19 bits per heavy atom. The van der Waals surface area contributed by atoms with Crippen LogP contribution in [0.25, 0.3) is 11.1 Å². The zero-order valence-electron chi connectivity index (χ0n) is 24.1. The Bertz CT molecular complexity index is 1670. The van der Waals surface area contributed by atoms with E-state index in [-0.39, 0.29) is 34.5 Å². The molecule has 1 saturated heterocycles. The summed E-state index contributed by atoms with van der Waals surface area (Å²) in [6.45, 7) is 1.54. The minimum absolute atomic E-state index is 0.00641. The van der Waals surface area contributed by atoms with Crippen LogP contribution in [0.15, 0.2) is 47.4 Å². The number of nitrogens with zero attached hydrogens (tertiary/aromatic N) is 4. The number of carbonyl (C=O) groups excluding carboxylic acids is 2. The van der Waals surface area contributed by atoms with E-state index < -0.39 is 36.4 Å². The number of pyridine rings is 2. The van der Waals surface area contributed by atoms with Gasteiger partial charge < -0.3 is 24.8 Å². The van der Waals surface area contributed by atoms with Gasteiger partial charge in [0.25, 0.3) is 23.3 Å². The summed E-state index contributed by atoms with van der Waals surface area (Å²) in [6.07, 6.45) is 3.46. The quantitative estimate of drug-likeness (QED) is 0.369. The molecule has 2 N–H and O–H groups in total. The molecule has 5 rings (SSSR count). The van der Waals surface area contributed by atoms with Crippen LogP contribution in [0.3, 0.4) is 0 Å². The van der Waals surface area contributed by atoms with Gasteiger partial charge in [-0.3, -0.25) is 14.4 Å². The number of amides is 2. The Balaban J connectivity index is 1.46. The van der Waals surface area contributed by atoms with Crippen molar-refractivity contribution in [3.8, 4) is 17.2 Å². The Morgan fingerprint density at radius 2 is 1.93 bits per heavy atom. The van der Waals surface area contributed by atoms with Gasteiger partial charge in [-0.2, -0.15) is 5.26 Å². The van der Waals surface area contributed by atoms with Crippen LogP contribution in [0.1, 0.15) is 63.2 Å². The molecule has 0 radical (unpaired) electrons. The van der Waals surface area contributed by atoms with Crippen LogP contribution in [0.5, 0.6) is 0 Å². The van der Waals surface area contributed by atoms with Gasteiger partial charge in [-0.1, -0.05) is 6.07 Å². The average Bonchev–Trinajstić information content (AvgIpc) is 3.82. The number of alkyl halides is 2. The molecule has 3 heterocycles. The monoisotopic (exact) mass is 590 g/mol. The van der Waals surface area contributed by atoms with Crippen molar-refractivity contribution in [1.82, 2.24) is 19.8 Å². The molecule has 2 aliphatic rings. The van der Waals surface area contributed by atoms with Crippen molar-refractivity contribution in [3.05, 3.63) is 80.9 Å². The van der Waals surface area contributed by atoms with E-state index in [9.17, 15) is 28.4 Å². The number of aryl methyl sites for hydroxylation is 1. The van der Waals surface area contributed by atoms with Crippen molar-refractivity contribution in [1.29, 1.82) is 5.26 Å². The Hall–Kier alpha value is -4.47. The van der Waals surface area contributed by atoms with E-state index in [2.05, 4.69) is 15.6 Å². The standard InChI is InChI=1S/C31H32F2N6O4/c1-18(43-3)13-35-14-20-9-25(29(41)38(2)15-20)28(40)37-27-11-22(10-26(36-27)21-5-6-21)23-7-4-19(12-34)8-24(23)30(42)39-16-31(32,33)17-39/h4,7-11,15,18,21,35H,5-6,13-14,16-17H2,1-3H3,(H,36,37,40)/t18-/m0/s1. The highest BCUT2D eigenvalue weighted by Gasteiger charge is 2.46. The molecule has 0 spiro atoms. The number of halogens is 2. The van der Waals surface area contributed by atoms with Gasteiger partial charge in [0.2, 0.25) is 0 Å². The molecule has 224 valence electrons. The fourth-order valence-electron chi connectivity index (χ4n) is 4.96. The molecule has 2 aromatic heterocycles. The molecule has 1 aliphatic carbocycles. The first-order chi connectivity index (χ1) is 20.5. The molecule has 0 bridgehead atoms. The van der Waals surface area contributed by atoms with Gasteiger partial charge in [0.05, 0.1) is 30.8 Å². The average molecular weight is 591 g/mol. The Kier molecular flexibility index (Phi) is 8.39. The lowest BCUT2D eigenvalue weighted by Crippen LogP contribution is -2.58. The van der Waals surface area contributed by atoms with E-state index in [0.717, 1.165) is 23.3 Å². The molecule has 1 atom stereocenters. The normalized spacial score (nSPS) is 16.2. The first-order valence-corrected chi connectivity index (χ1v) is 14.0. The summed E-state index contributed by atoms with van der Waals surface area (Å²) in [6, 6.07) is 11.4. The SMILES string of the molecule is CO[C@@H](C)CNCc1cc(C(=O)Nc2cc(-c3ccc(C#N)cc3C(=O)N3CC(F)(F)C3)cc(C3CC3)n2)c(=O)n(C)c1. The topological polar surface area (TPSA) is 129 Å². The highest BCUT2D eigenvalue weighted by Crippen LogP contribution is 2.41. The second-order valence-corrected chi connectivity index (χ2v) is 11.1. The summed E-state index contributed by atoms with van der Waals surface area (Å²) in [7, 11) is 3.19. The van der Waals surface area contributed by atoms with Gasteiger partial charge in [0.1, 0.15) is 11.4 Å². The first kappa shape index (κ1) is 30.0. The molecule has 12 heteroatoms. The zero-order valence-corrected chi connectivity index (χ0v) is 24.1. The number of nitriles is 1. The number of anilines is 1. The number of nitrogens with one attached hydrogen (secondary N) is 2. The predicted molar refractivity (Wildman–Crippen MR) is 155 cm³/mol.